The lowest BCUT2D eigenvalue weighted by molar-refractivity contribution is -0.121. The molecule has 1 aromatic rings. The maximum absolute atomic E-state index is 12.9. The number of hydrogen-bond donors (Lipinski definition) is 1. The van der Waals surface area contributed by atoms with E-state index in [1.807, 2.05) is 29.2 Å². The summed E-state index contributed by atoms with van der Waals surface area (Å²) in [5.74, 6) is 2.39. The second-order valence-electron chi connectivity index (χ2n) is 7.03. The fourth-order valence-corrected chi connectivity index (χ4v) is 3.48. The predicted octanol–water partition coefficient (Wildman–Crippen LogP) is 1.82. The number of nitrogens with zero attached hydrogens (tertiary/aromatic N) is 3. The molecule has 1 aromatic carbocycles. The highest BCUT2D eigenvalue weighted by Crippen LogP contribution is 2.17. The number of terminal acetylenes is 1. The molecular weight excluding hydrogens is 352 g/mol. The van der Waals surface area contributed by atoms with Crippen LogP contribution in [-0.4, -0.2) is 74.0 Å². The number of carbonyl (C=O) groups is 2. The number of carbonyl (C=O) groups excluding carboxylic acids is 2. The van der Waals surface area contributed by atoms with Crippen molar-refractivity contribution >= 4 is 17.5 Å². The maximum Gasteiger partial charge on any atom is 0.253 e. The van der Waals surface area contributed by atoms with Crippen molar-refractivity contribution in [2.45, 2.75) is 26.7 Å². The van der Waals surface area contributed by atoms with Gasteiger partial charge in [-0.25, -0.2) is 0 Å². The normalized spacial score (nSPS) is 14.8. The lowest BCUT2D eigenvalue weighted by Gasteiger charge is -2.24. The first kappa shape index (κ1) is 21.8. The van der Waals surface area contributed by atoms with Crippen molar-refractivity contribution in [2.24, 2.45) is 0 Å². The minimum atomic E-state index is -0.0686. The van der Waals surface area contributed by atoms with Gasteiger partial charge >= 0.3 is 0 Å². The highest BCUT2D eigenvalue weighted by molar-refractivity contribution is 5.94. The standard InChI is InChI=1S/C22H32N4O2/c1-4-12-23-21(27)18-24-14-7-15-26(17-16-24)22(28)19-8-10-20(11-9-19)25(6-3)13-5-2/h1,8-11H,5-7,12-18H2,2-3H3,(H,23,27). The minimum Gasteiger partial charge on any atom is -0.372 e. The third-order valence-corrected chi connectivity index (χ3v) is 4.99. The maximum atomic E-state index is 12.9. The van der Waals surface area contributed by atoms with E-state index in [4.69, 9.17) is 6.42 Å². The van der Waals surface area contributed by atoms with Gasteiger partial charge in [0.1, 0.15) is 0 Å². The Bertz CT molecular complexity index is 681. The molecule has 0 aliphatic carbocycles. The summed E-state index contributed by atoms with van der Waals surface area (Å²) in [6.07, 6.45) is 7.12. The SMILES string of the molecule is C#CCNC(=O)CN1CCCN(C(=O)c2ccc(N(CC)CCC)cc2)CC1. The summed E-state index contributed by atoms with van der Waals surface area (Å²) >= 11 is 0. The summed E-state index contributed by atoms with van der Waals surface area (Å²) < 4.78 is 0. The van der Waals surface area contributed by atoms with Gasteiger partial charge in [-0.2, -0.15) is 0 Å². The molecule has 0 bridgehead atoms. The van der Waals surface area contributed by atoms with E-state index in [1.54, 1.807) is 0 Å². The molecular formula is C22H32N4O2. The van der Waals surface area contributed by atoms with Crippen LogP contribution >= 0.6 is 0 Å². The van der Waals surface area contributed by atoms with E-state index in [2.05, 4.69) is 34.9 Å². The molecule has 0 unspecified atom stereocenters. The van der Waals surface area contributed by atoms with Gasteiger partial charge in [0, 0.05) is 50.5 Å². The van der Waals surface area contributed by atoms with Crippen molar-refractivity contribution in [2.75, 3.05) is 57.3 Å². The number of benzene rings is 1. The molecule has 0 spiro atoms. The monoisotopic (exact) mass is 384 g/mol. The first-order valence-electron chi connectivity index (χ1n) is 10.2. The van der Waals surface area contributed by atoms with Crippen molar-refractivity contribution in [3.63, 3.8) is 0 Å². The predicted molar refractivity (Wildman–Crippen MR) is 113 cm³/mol. The highest BCUT2D eigenvalue weighted by Gasteiger charge is 2.21. The zero-order valence-corrected chi connectivity index (χ0v) is 17.1. The molecule has 2 amide bonds. The van der Waals surface area contributed by atoms with E-state index >= 15 is 0 Å². The highest BCUT2D eigenvalue weighted by atomic mass is 16.2. The van der Waals surface area contributed by atoms with Crippen LogP contribution in [0.15, 0.2) is 24.3 Å². The van der Waals surface area contributed by atoms with Gasteiger partial charge in [0.15, 0.2) is 0 Å². The number of nitrogens with one attached hydrogen (secondary N) is 1. The zero-order chi connectivity index (χ0) is 20.4. The molecule has 6 nitrogen and oxygen atoms in total. The largest absolute Gasteiger partial charge is 0.372 e. The summed E-state index contributed by atoms with van der Waals surface area (Å²) in [5.41, 5.74) is 1.87. The minimum absolute atomic E-state index is 0.0590. The van der Waals surface area contributed by atoms with Crippen LogP contribution < -0.4 is 10.2 Å². The first-order valence-corrected chi connectivity index (χ1v) is 10.2. The quantitative estimate of drug-likeness (QED) is 0.695. The second-order valence-corrected chi connectivity index (χ2v) is 7.03. The van der Waals surface area contributed by atoms with Crippen molar-refractivity contribution in [1.82, 2.24) is 15.1 Å². The number of amides is 2. The third-order valence-electron chi connectivity index (χ3n) is 4.99. The molecule has 1 aliphatic heterocycles. The van der Waals surface area contributed by atoms with Gasteiger partial charge in [-0.15, -0.1) is 6.42 Å². The fraction of sp³-hybridized carbons (Fsp3) is 0.545. The van der Waals surface area contributed by atoms with Crippen LogP contribution in [0.1, 0.15) is 37.0 Å². The number of hydrogen-bond acceptors (Lipinski definition) is 4. The Labute approximate surface area is 168 Å². The van der Waals surface area contributed by atoms with E-state index in [9.17, 15) is 9.59 Å². The second kappa shape index (κ2) is 11.4. The molecule has 1 fully saturated rings. The Kier molecular flexibility index (Phi) is 8.83. The lowest BCUT2D eigenvalue weighted by atomic mass is 10.1. The van der Waals surface area contributed by atoms with E-state index in [1.165, 1.54) is 0 Å². The van der Waals surface area contributed by atoms with Crippen LogP contribution in [-0.2, 0) is 4.79 Å². The van der Waals surface area contributed by atoms with E-state index in [-0.39, 0.29) is 18.4 Å². The van der Waals surface area contributed by atoms with Crippen LogP contribution in [0.3, 0.4) is 0 Å². The van der Waals surface area contributed by atoms with E-state index in [0.717, 1.165) is 43.7 Å². The van der Waals surface area contributed by atoms with Gasteiger partial charge in [0.25, 0.3) is 5.91 Å². The summed E-state index contributed by atoms with van der Waals surface area (Å²) in [6, 6.07) is 7.91. The van der Waals surface area contributed by atoms with E-state index in [0.29, 0.717) is 26.2 Å². The van der Waals surface area contributed by atoms with Crippen LogP contribution in [0.4, 0.5) is 5.69 Å². The molecule has 152 valence electrons. The first-order chi connectivity index (χ1) is 13.6. The Balaban J connectivity index is 1.92. The van der Waals surface area contributed by atoms with Gasteiger partial charge < -0.3 is 15.1 Å². The summed E-state index contributed by atoms with van der Waals surface area (Å²) in [4.78, 5) is 31.0. The van der Waals surface area contributed by atoms with Crippen LogP contribution in [0.5, 0.6) is 0 Å². The summed E-state index contributed by atoms with van der Waals surface area (Å²) in [6.45, 7) is 9.68. The lowest BCUT2D eigenvalue weighted by Crippen LogP contribution is -2.40. The van der Waals surface area contributed by atoms with Crippen LogP contribution in [0, 0.1) is 12.3 Å². The molecule has 6 heteroatoms. The number of anilines is 1. The Morgan fingerprint density at radius 1 is 1.14 bits per heavy atom. The van der Waals surface area contributed by atoms with Crippen molar-refractivity contribution in [3.8, 4) is 12.3 Å². The third kappa shape index (κ3) is 6.28. The molecule has 1 saturated heterocycles. The smallest absolute Gasteiger partial charge is 0.253 e. The Morgan fingerprint density at radius 2 is 1.89 bits per heavy atom. The molecule has 1 aliphatic rings. The molecule has 1 heterocycles. The van der Waals surface area contributed by atoms with Crippen molar-refractivity contribution in [1.29, 1.82) is 0 Å². The number of rotatable bonds is 8. The summed E-state index contributed by atoms with van der Waals surface area (Å²) in [5, 5.41) is 2.69. The van der Waals surface area contributed by atoms with E-state index < -0.39 is 0 Å². The molecule has 1 N–H and O–H groups in total. The molecule has 0 radical (unpaired) electrons. The summed E-state index contributed by atoms with van der Waals surface area (Å²) in [7, 11) is 0. The molecule has 0 atom stereocenters. The molecule has 28 heavy (non-hydrogen) atoms. The Morgan fingerprint density at radius 3 is 2.54 bits per heavy atom. The zero-order valence-electron chi connectivity index (χ0n) is 17.1. The van der Waals surface area contributed by atoms with Gasteiger partial charge in [0.05, 0.1) is 13.1 Å². The fourth-order valence-electron chi connectivity index (χ4n) is 3.48. The van der Waals surface area contributed by atoms with Crippen LogP contribution in [0.2, 0.25) is 0 Å². The Hall–Kier alpha value is -2.52. The van der Waals surface area contributed by atoms with Gasteiger partial charge in [-0.05, 0) is 44.0 Å². The average Bonchev–Trinajstić information content (AvgIpc) is 2.95. The molecule has 2 rings (SSSR count). The van der Waals surface area contributed by atoms with Crippen molar-refractivity contribution in [3.05, 3.63) is 29.8 Å². The topological polar surface area (TPSA) is 55.9 Å². The van der Waals surface area contributed by atoms with Gasteiger partial charge in [-0.3, -0.25) is 14.5 Å². The average molecular weight is 385 g/mol. The molecule has 0 aromatic heterocycles. The van der Waals surface area contributed by atoms with Crippen molar-refractivity contribution < 1.29 is 9.59 Å². The van der Waals surface area contributed by atoms with Gasteiger partial charge in [0.2, 0.25) is 5.91 Å². The van der Waals surface area contributed by atoms with Crippen LogP contribution in [0.25, 0.3) is 0 Å². The molecule has 0 saturated carbocycles. The van der Waals surface area contributed by atoms with Gasteiger partial charge in [-0.1, -0.05) is 12.8 Å².